The van der Waals surface area contributed by atoms with Crippen molar-refractivity contribution in [2.24, 2.45) is 33.7 Å². The van der Waals surface area contributed by atoms with Crippen molar-refractivity contribution in [1.29, 1.82) is 0 Å². The summed E-state index contributed by atoms with van der Waals surface area (Å²) >= 11 is 0. The molecular formula is C31H58N12O10. The van der Waals surface area contributed by atoms with Gasteiger partial charge in [-0.15, -0.1) is 0 Å². The Bertz CT molecular complexity index is 1260. The number of piperidine rings is 1. The molecule has 0 bridgehead atoms. The van der Waals surface area contributed by atoms with Gasteiger partial charge in [-0.3, -0.25) is 19.2 Å². The van der Waals surface area contributed by atoms with Gasteiger partial charge in [0.2, 0.25) is 23.6 Å². The van der Waals surface area contributed by atoms with Crippen LogP contribution in [0.5, 0.6) is 0 Å². The molecule has 3 heterocycles. The number of nitrogens with one attached hydrogen (secondary N) is 6. The Hall–Kier alpha value is -3.90. The number of hydrogen-bond donors (Lipinski definition) is 14. The van der Waals surface area contributed by atoms with Crippen molar-refractivity contribution in [1.82, 2.24) is 31.9 Å². The summed E-state index contributed by atoms with van der Waals surface area (Å²) in [5.74, 6) is -1.34. The van der Waals surface area contributed by atoms with Crippen LogP contribution < -0.4 is 60.6 Å². The van der Waals surface area contributed by atoms with E-state index in [9.17, 15) is 39.3 Å². The van der Waals surface area contributed by atoms with Crippen LogP contribution in [0.2, 0.25) is 0 Å². The molecule has 0 aromatic carbocycles. The third kappa shape index (κ3) is 14.5. The molecule has 22 heteroatoms. The maximum Gasteiger partial charge on any atom is 0.404 e. The van der Waals surface area contributed by atoms with Crippen LogP contribution in [-0.4, -0.2) is 151 Å². The Morgan fingerprint density at radius 1 is 0.887 bits per heavy atom. The number of guanidine groups is 1. The zero-order valence-corrected chi connectivity index (χ0v) is 29.8. The average Bonchev–Trinajstić information content (AvgIpc) is 3.53. The van der Waals surface area contributed by atoms with Crippen LogP contribution in [0, 0.1) is 0 Å². The number of nitrogens with two attached hydrogens (primary N) is 5. The number of β-amino-alcohol motifs (C(OH)–C–C–N with tert-alkyl or cyclic N) is 1. The number of amides is 5. The van der Waals surface area contributed by atoms with Crippen LogP contribution in [0.3, 0.4) is 0 Å². The van der Waals surface area contributed by atoms with Gasteiger partial charge in [0.25, 0.3) is 0 Å². The lowest BCUT2D eigenvalue weighted by Crippen LogP contribution is -2.69. The fourth-order valence-corrected chi connectivity index (χ4v) is 6.20. The lowest BCUT2D eigenvalue weighted by Gasteiger charge is -2.43. The van der Waals surface area contributed by atoms with E-state index in [1.165, 1.54) is 0 Å². The summed E-state index contributed by atoms with van der Waals surface area (Å²) in [5, 5.41) is 48.5. The molecule has 0 aromatic heterocycles. The minimum absolute atomic E-state index is 0.0174. The lowest BCUT2D eigenvalue weighted by molar-refractivity contribution is -0.198. The van der Waals surface area contributed by atoms with E-state index in [2.05, 4.69) is 36.9 Å². The van der Waals surface area contributed by atoms with Crippen LogP contribution in [0.25, 0.3) is 0 Å². The molecule has 2 saturated heterocycles. The molecule has 3 aliphatic heterocycles. The number of aliphatic hydroxyl groups is 3. The third-order valence-electron chi connectivity index (χ3n) is 9.09. The number of fused-ring (bicyclic) bond motifs is 1. The van der Waals surface area contributed by atoms with E-state index in [0.717, 1.165) is 6.42 Å². The molecule has 22 nitrogen and oxygen atoms in total. The molecule has 3 rings (SSSR count). The van der Waals surface area contributed by atoms with Crippen molar-refractivity contribution >= 4 is 35.7 Å². The second-order valence-electron chi connectivity index (χ2n) is 13.7. The highest BCUT2D eigenvalue weighted by Gasteiger charge is 2.48. The first-order chi connectivity index (χ1) is 25.2. The Kier molecular flexibility index (Phi) is 17.8. The monoisotopic (exact) mass is 758 g/mol. The smallest absolute Gasteiger partial charge is 0.404 e. The quantitative estimate of drug-likeness (QED) is 0.0484. The van der Waals surface area contributed by atoms with Gasteiger partial charge in [-0.25, -0.2) is 9.79 Å². The molecular weight excluding hydrogens is 700 g/mol. The second kappa shape index (κ2) is 21.7. The topological polar surface area (TPSA) is 379 Å². The first-order valence-electron chi connectivity index (χ1n) is 18.0. The summed E-state index contributed by atoms with van der Waals surface area (Å²) in [4.78, 5) is 65.0. The largest absolute Gasteiger partial charge is 0.447 e. The van der Waals surface area contributed by atoms with Crippen molar-refractivity contribution in [3.05, 3.63) is 0 Å². The van der Waals surface area contributed by atoms with E-state index in [1.54, 1.807) is 0 Å². The fraction of sp³-hybridized carbons (Fsp3) is 0.806. The highest BCUT2D eigenvalue weighted by atomic mass is 16.6. The zero-order valence-electron chi connectivity index (χ0n) is 29.8. The number of hydrogen-bond acceptors (Lipinski definition) is 17. The Morgan fingerprint density at radius 3 is 2.00 bits per heavy atom. The standard InChI is InChI=1S/C31H58N12O10/c32-7-1-4-15(33)10-20(45)37-8-2-5-16(34)11-21(46)38-9-3-6-17(35)12-22(47)40-25-27(49)26(48)19(14-52-30(36)51)53-29(25)43-31-41-23-18(44)13-39-28(50)24(23)42-31/h15-19,23-27,29,44,48-49H,1-14,32-35H2,(H2,36,51)(H,37,45)(H,38,46)(H,39,50)(H,40,47)(H2,41,42,43)/t15?,16?,17?,18-,19?,23-,24+,25?,26?,27?,29?/m1/s1. The van der Waals surface area contributed by atoms with E-state index in [-0.39, 0.29) is 49.6 Å². The summed E-state index contributed by atoms with van der Waals surface area (Å²) < 4.78 is 10.6. The highest BCUT2D eigenvalue weighted by molar-refractivity contribution is 5.92. The van der Waals surface area contributed by atoms with Gasteiger partial charge in [0.05, 0.1) is 12.1 Å². The van der Waals surface area contributed by atoms with Crippen LogP contribution in [0.4, 0.5) is 4.79 Å². The average molecular weight is 759 g/mol. The molecule has 3 aliphatic rings. The SMILES string of the molecule is NCCCC(N)CC(=O)NCCCC(N)CC(=O)NCCCC(N)CC(=O)NC1C(NC2=N[C@@H]3C(=O)NC[C@@H](O)[C@H]3N2)OC(COC(N)=O)C(O)C1O. The van der Waals surface area contributed by atoms with Gasteiger partial charge in [0, 0.05) is 57.0 Å². The van der Waals surface area contributed by atoms with E-state index in [1.807, 2.05) is 0 Å². The number of aliphatic imine (C=N–C) groups is 1. The normalized spacial score (nSPS) is 28.2. The maximum atomic E-state index is 13.0. The predicted molar refractivity (Wildman–Crippen MR) is 189 cm³/mol. The Balaban J connectivity index is 1.40. The van der Waals surface area contributed by atoms with Gasteiger partial charge >= 0.3 is 6.09 Å². The summed E-state index contributed by atoms with van der Waals surface area (Å²) in [6.07, 6.45) is -4.28. The molecule has 2 fully saturated rings. The van der Waals surface area contributed by atoms with Crippen LogP contribution in [0.15, 0.2) is 4.99 Å². The zero-order chi connectivity index (χ0) is 39.1. The molecule has 11 atom stereocenters. The maximum absolute atomic E-state index is 13.0. The number of ether oxygens (including phenoxy) is 2. The number of nitrogens with zero attached hydrogens (tertiary/aromatic N) is 1. The molecule has 53 heavy (non-hydrogen) atoms. The minimum atomic E-state index is -1.63. The molecule has 0 aliphatic carbocycles. The summed E-state index contributed by atoms with van der Waals surface area (Å²) in [6, 6.07) is -4.21. The van der Waals surface area contributed by atoms with Crippen molar-refractivity contribution in [3.63, 3.8) is 0 Å². The van der Waals surface area contributed by atoms with Gasteiger partial charge in [-0.05, 0) is 45.1 Å². The molecule has 0 radical (unpaired) electrons. The summed E-state index contributed by atoms with van der Waals surface area (Å²) in [6.45, 7) is 0.758. The van der Waals surface area contributed by atoms with Gasteiger partial charge in [0.1, 0.15) is 31.0 Å². The van der Waals surface area contributed by atoms with Crippen LogP contribution in [0.1, 0.15) is 57.8 Å². The minimum Gasteiger partial charge on any atom is -0.447 e. The van der Waals surface area contributed by atoms with Crippen LogP contribution in [-0.2, 0) is 28.7 Å². The van der Waals surface area contributed by atoms with Crippen molar-refractivity contribution in [3.8, 4) is 0 Å². The second-order valence-corrected chi connectivity index (χ2v) is 13.7. The third-order valence-corrected chi connectivity index (χ3v) is 9.09. The number of carbonyl (C=O) groups excluding carboxylic acids is 5. The van der Waals surface area contributed by atoms with Gasteiger partial charge < -0.3 is 85.4 Å². The highest BCUT2D eigenvalue weighted by Crippen LogP contribution is 2.22. The number of carbonyl (C=O) groups is 5. The molecule has 0 saturated carbocycles. The van der Waals surface area contributed by atoms with E-state index in [0.29, 0.717) is 51.7 Å². The van der Waals surface area contributed by atoms with Crippen molar-refractivity contribution in [2.45, 2.75) is 125 Å². The number of aliphatic hydroxyl groups excluding tert-OH is 3. The first-order valence-corrected chi connectivity index (χ1v) is 18.0. The van der Waals surface area contributed by atoms with E-state index in [4.69, 9.17) is 38.1 Å². The summed E-state index contributed by atoms with van der Waals surface area (Å²) in [5.41, 5.74) is 28.7. The molecule has 5 amide bonds. The molecule has 8 unspecified atom stereocenters. The Morgan fingerprint density at radius 2 is 1.45 bits per heavy atom. The van der Waals surface area contributed by atoms with Crippen LogP contribution >= 0.6 is 0 Å². The van der Waals surface area contributed by atoms with Gasteiger partial charge in [0.15, 0.2) is 18.2 Å². The van der Waals surface area contributed by atoms with E-state index < -0.39 is 85.4 Å². The van der Waals surface area contributed by atoms with Crippen molar-refractivity contribution in [2.75, 3.05) is 32.8 Å². The first kappa shape index (κ1) is 43.5. The molecule has 19 N–H and O–H groups in total. The lowest BCUT2D eigenvalue weighted by atomic mass is 9.95. The Labute approximate surface area is 307 Å². The van der Waals surface area contributed by atoms with Gasteiger partial charge in [-0.2, -0.15) is 0 Å². The van der Waals surface area contributed by atoms with Crippen molar-refractivity contribution < 1.29 is 48.8 Å². The van der Waals surface area contributed by atoms with E-state index >= 15 is 0 Å². The molecule has 0 spiro atoms. The molecule has 302 valence electrons. The summed E-state index contributed by atoms with van der Waals surface area (Å²) in [7, 11) is 0. The van der Waals surface area contributed by atoms with Gasteiger partial charge in [-0.1, -0.05) is 0 Å². The number of rotatable bonds is 21. The fourth-order valence-electron chi connectivity index (χ4n) is 6.20. The predicted octanol–water partition coefficient (Wildman–Crippen LogP) is -6.53. The molecule has 0 aromatic rings. The number of primary amides is 1.